The smallest absolute Gasteiger partial charge is 0.0591 e. The summed E-state index contributed by atoms with van der Waals surface area (Å²) >= 11 is 3.44. The minimum atomic E-state index is 0.348. The van der Waals surface area contributed by atoms with E-state index >= 15 is 0 Å². The van der Waals surface area contributed by atoms with Crippen molar-refractivity contribution < 1.29 is 9.47 Å². The fourth-order valence-electron chi connectivity index (χ4n) is 1.62. The van der Waals surface area contributed by atoms with Gasteiger partial charge in [0.05, 0.1) is 6.61 Å². The highest BCUT2D eigenvalue weighted by molar-refractivity contribution is 9.10. The Morgan fingerprint density at radius 3 is 2.56 bits per heavy atom. The first kappa shape index (κ1) is 15.6. The van der Waals surface area contributed by atoms with Crippen LogP contribution < -0.4 is 5.32 Å². The minimum Gasteiger partial charge on any atom is -0.385 e. The molecule has 0 aromatic heterocycles. The molecule has 0 radical (unpaired) electrons. The van der Waals surface area contributed by atoms with Crippen LogP contribution in [0.5, 0.6) is 0 Å². The van der Waals surface area contributed by atoms with E-state index in [-0.39, 0.29) is 0 Å². The average Bonchev–Trinajstić information content (AvgIpc) is 2.38. The Bertz CT molecular complexity index is 316. The molecule has 0 aliphatic carbocycles. The van der Waals surface area contributed by atoms with Gasteiger partial charge in [0, 0.05) is 37.4 Å². The molecule has 4 heteroatoms. The quantitative estimate of drug-likeness (QED) is 0.710. The summed E-state index contributed by atoms with van der Waals surface area (Å²) in [7, 11) is 1.71. The minimum absolute atomic E-state index is 0.348. The van der Waals surface area contributed by atoms with Gasteiger partial charge in [0.15, 0.2) is 0 Å². The number of ether oxygens (including phenoxy) is 2. The van der Waals surface area contributed by atoms with E-state index in [1.807, 2.05) is 0 Å². The Kier molecular flexibility index (Phi) is 8.25. The van der Waals surface area contributed by atoms with E-state index in [2.05, 4.69) is 52.4 Å². The van der Waals surface area contributed by atoms with Crippen LogP contribution in [-0.4, -0.2) is 33.5 Å². The SMILES string of the molecule is COCCCOCCN[C@H](C)c1ccc(Br)cc1. The van der Waals surface area contributed by atoms with E-state index in [4.69, 9.17) is 9.47 Å². The van der Waals surface area contributed by atoms with Gasteiger partial charge in [-0.1, -0.05) is 28.1 Å². The van der Waals surface area contributed by atoms with Crippen molar-refractivity contribution >= 4 is 15.9 Å². The fourth-order valence-corrected chi connectivity index (χ4v) is 1.89. The summed E-state index contributed by atoms with van der Waals surface area (Å²) in [6, 6.07) is 8.73. The first-order valence-corrected chi connectivity index (χ1v) is 7.09. The Morgan fingerprint density at radius 2 is 1.89 bits per heavy atom. The van der Waals surface area contributed by atoms with Gasteiger partial charge >= 0.3 is 0 Å². The van der Waals surface area contributed by atoms with Crippen molar-refractivity contribution in [2.75, 3.05) is 33.5 Å². The molecular weight excluding hydrogens is 294 g/mol. The molecule has 3 nitrogen and oxygen atoms in total. The topological polar surface area (TPSA) is 30.5 Å². The zero-order chi connectivity index (χ0) is 13.2. The highest BCUT2D eigenvalue weighted by Gasteiger charge is 2.03. The van der Waals surface area contributed by atoms with Gasteiger partial charge in [0.2, 0.25) is 0 Å². The predicted molar refractivity (Wildman–Crippen MR) is 77.9 cm³/mol. The molecule has 0 bridgehead atoms. The lowest BCUT2D eigenvalue weighted by molar-refractivity contribution is 0.103. The Labute approximate surface area is 118 Å². The van der Waals surface area contributed by atoms with Crippen LogP contribution in [0.15, 0.2) is 28.7 Å². The Balaban J connectivity index is 2.10. The number of hydrogen-bond acceptors (Lipinski definition) is 3. The van der Waals surface area contributed by atoms with E-state index in [0.29, 0.717) is 6.04 Å². The standard InChI is InChI=1S/C14H22BrNO2/c1-12(13-4-6-14(15)7-5-13)16-8-11-18-10-3-9-17-2/h4-7,12,16H,3,8-11H2,1-2H3/t12-/m1/s1. The van der Waals surface area contributed by atoms with Crippen LogP contribution in [0.1, 0.15) is 24.9 Å². The molecular formula is C14H22BrNO2. The summed E-state index contributed by atoms with van der Waals surface area (Å²) in [5, 5.41) is 3.44. The largest absolute Gasteiger partial charge is 0.385 e. The van der Waals surface area contributed by atoms with E-state index in [0.717, 1.165) is 37.3 Å². The maximum atomic E-state index is 5.49. The molecule has 0 amide bonds. The van der Waals surface area contributed by atoms with Crippen LogP contribution in [-0.2, 0) is 9.47 Å². The van der Waals surface area contributed by atoms with Gasteiger partial charge in [-0.3, -0.25) is 0 Å². The first-order valence-electron chi connectivity index (χ1n) is 6.29. The lowest BCUT2D eigenvalue weighted by Gasteiger charge is -2.14. The van der Waals surface area contributed by atoms with Gasteiger partial charge in [-0.15, -0.1) is 0 Å². The highest BCUT2D eigenvalue weighted by Crippen LogP contribution is 2.16. The monoisotopic (exact) mass is 315 g/mol. The molecule has 18 heavy (non-hydrogen) atoms. The van der Waals surface area contributed by atoms with E-state index in [1.54, 1.807) is 7.11 Å². The highest BCUT2D eigenvalue weighted by atomic mass is 79.9. The van der Waals surface area contributed by atoms with Gasteiger partial charge in [0.25, 0.3) is 0 Å². The van der Waals surface area contributed by atoms with Gasteiger partial charge in [0.1, 0.15) is 0 Å². The van der Waals surface area contributed by atoms with Crippen molar-refractivity contribution in [3.8, 4) is 0 Å². The number of hydrogen-bond donors (Lipinski definition) is 1. The summed E-state index contributed by atoms with van der Waals surface area (Å²) < 4.78 is 11.6. The van der Waals surface area contributed by atoms with Gasteiger partial charge in [-0.2, -0.15) is 0 Å². The molecule has 0 unspecified atom stereocenters. The first-order chi connectivity index (χ1) is 8.74. The Morgan fingerprint density at radius 1 is 1.17 bits per heavy atom. The molecule has 0 spiro atoms. The van der Waals surface area contributed by atoms with Crippen molar-refractivity contribution in [2.45, 2.75) is 19.4 Å². The van der Waals surface area contributed by atoms with Gasteiger partial charge in [-0.05, 0) is 31.0 Å². The number of benzene rings is 1. The number of halogens is 1. The molecule has 1 rings (SSSR count). The average molecular weight is 316 g/mol. The van der Waals surface area contributed by atoms with Crippen molar-refractivity contribution in [3.63, 3.8) is 0 Å². The fraction of sp³-hybridized carbons (Fsp3) is 0.571. The van der Waals surface area contributed by atoms with E-state index in [9.17, 15) is 0 Å². The zero-order valence-electron chi connectivity index (χ0n) is 11.1. The molecule has 0 fully saturated rings. The molecule has 1 atom stereocenters. The third-order valence-electron chi connectivity index (χ3n) is 2.70. The molecule has 0 aliphatic rings. The molecule has 0 saturated heterocycles. The second-order valence-electron chi connectivity index (χ2n) is 4.19. The number of methoxy groups -OCH3 is 1. The molecule has 102 valence electrons. The van der Waals surface area contributed by atoms with Gasteiger partial charge < -0.3 is 14.8 Å². The third-order valence-corrected chi connectivity index (χ3v) is 3.23. The lowest BCUT2D eigenvalue weighted by atomic mass is 10.1. The van der Waals surface area contributed by atoms with Crippen molar-refractivity contribution in [1.82, 2.24) is 5.32 Å². The summed E-state index contributed by atoms with van der Waals surface area (Å²) in [5.41, 5.74) is 1.29. The molecule has 1 aromatic carbocycles. The normalized spacial score (nSPS) is 12.6. The van der Waals surface area contributed by atoms with E-state index < -0.39 is 0 Å². The summed E-state index contributed by atoms with van der Waals surface area (Å²) in [6.45, 7) is 5.30. The van der Waals surface area contributed by atoms with Gasteiger partial charge in [-0.25, -0.2) is 0 Å². The second-order valence-corrected chi connectivity index (χ2v) is 5.10. The van der Waals surface area contributed by atoms with Crippen LogP contribution in [0.25, 0.3) is 0 Å². The van der Waals surface area contributed by atoms with Crippen LogP contribution >= 0.6 is 15.9 Å². The molecule has 0 saturated carbocycles. The maximum Gasteiger partial charge on any atom is 0.0591 e. The predicted octanol–water partition coefficient (Wildman–Crippen LogP) is 3.15. The number of rotatable bonds is 9. The van der Waals surface area contributed by atoms with Crippen molar-refractivity contribution in [3.05, 3.63) is 34.3 Å². The van der Waals surface area contributed by atoms with Crippen LogP contribution in [0.2, 0.25) is 0 Å². The maximum absolute atomic E-state index is 5.49. The van der Waals surface area contributed by atoms with E-state index in [1.165, 1.54) is 5.56 Å². The van der Waals surface area contributed by atoms with Crippen molar-refractivity contribution in [2.24, 2.45) is 0 Å². The van der Waals surface area contributed by atoms with Crippen molar-refractivity contribution in [1.29, 1.82) is 0 Å². The van der Waals surface area contributed by atoms with Crippen LogP contribution in [0, 0.1) is 0 Å². The molecule has 1 N–H and O–H groups in total. The zero-order valence-corrected chi connectivity index (χ0v) is 12.7. The molecule has 0 aliphatic heterocycles. The van der Waals surface area contributed by atoms with Crippen LogP contribution in [0.3, 0.4) is 0 Å². The summed E-state index contributed by atoms with van der Waals surface area (Å²) in [5.74, 6) is 0. The molecule has 1 aromatic rings. The Hall–Kier alpha value is -0.420. The molecule has 0 heterocycles. The second kappa shape index (κ2) is 9.50. The number of nitrogens with one attached hydrogen (secondary N) is 1. The summed E-state index contributed by atoms with van der Waals surface area (Å²) in [4.78, 5) is 0. The summed E-state index contributed by atoms with van der Waals surface area (Å²) in [6.07, 6.45) is 0.957. The lowest BCUT2D eigenvalue weighted by Crippen LogP contribution is -2.23. The third kappa shape index (κ3) is 6.50. The van der Waals surface area contributed by atoms with Crippen LogP contribution in [0.4, 0.5) is 0 Å².